The summed E-state index contributed by atoms with van der Waals surface area (Å²) >= 11 is 0. The quantitative estimate of drug-likeness (QED) is 0.839. The molecule has 1 aromatic rings. The molecule has 1 saturated carbocycles. The minimum absolute atomic E-state index is 0.206. The molecule has 20 heavy (non-hydrogen) atoms. The first-order valence-electron chi connectivity index (χ1n) is 7.07. The van der Waals surface area contributed by atoms with E-state index in [0.29, 0.717) is 30.8 Å². The largest absolute Gasteiger partial charge is 0.338 e. The Morgan fingerprint density at radius 1 is 1.40 bits per heavy atom. The summed E-state index contributed by atoms with van der Waals surface area (Å²) in [5.41, 5.74) is 5.32. The van der Waals surface area contributed by atoms with Gasteiger partial charge in [-0.25, -0.2) is 0 Å². The molecule has 7 heteroatoms. The van der Waals surface area contributed by atoms with Crippen LogP contribution in [0.4, 0.5) is 0 Å². The number of rotatable bonds is 4. The highest BCUT2D eigenvalue weighted by Crippen LogP contribution is 2.28. The van der Waals surface area contributed by atoms with E-state index in [0.717, 1.165) is 25.9 Å². The molecule has 0 aromatic carbocycles. The van der Waals surface area contributed by atoms with Crippen LogP contribution in [0.15, 0.2) is 4.52 Å². The van der Waals surface area contributed by atoms with Crippen molar-refractivity contribution in [3.05, 3.63) is 11.7 Å². The lowest BCUT2D eigenvalue weighted by Crippen LogP contribution is -2.50. The molecule has 0 atom stereocenters. The van der Waals surface area contributed by atoms with Crippen LogP contribution in [0.1, 0.15) is 38.4 Å². The minimum Gasteiger partial charge on any atom is -0.338 e. The molecule has 1 saturated heterocycles. The van der Waals surface area contributed by atoms with Crippen molar-refractivity contribution in [2.75, 3.05) is 19.6 Å². The number of hydrogen-bond acceptors (Lipinski definition) is 6. The van der Waals surface area contributed by atoms with Crippen molar-refractivity contribution in [2.45, 2.75) is 44.8 Å². The van der Waals surface area contributed by atoms with Crippen LogP contribution < -0.4 is 5.73 Å². The van der Waals surface area contributed by atoms with Crippen molar-refractivity contribution < 1.29 is 9.32 Å². The standard InChI is InChI=1S/C13H21N5O2/c1-13(2,14)12-15-10(20-16-12)7-17-5-6-18(9-3-4-9)11(19)8-17/h9H,3-8,14H2,1-2H3. The SMILES string of the molecule is CC(C)(N)c1noc(CN2CCN(C3CC3)C(=O)C2)n1. The maximum atomic E-state index is 12.0. The molecular formula is C13H21N5O2. The molecule has 0 unspecified atom stereocenters. The molecule has 0 radical (unpaired) electrons. The van der Waals surface area contributed by atoms with Crippen LogP contribution in [-0.2, 0) is 16.9 Å². The van der Waals surface area contributed by atoms with Gasteiger partial charge in [0, 0.05) is 19.1 Å². The van der Waals surface area contributed by atoms with Crippen molar-refractivity contribution in [3.63, 3.8) is 0 Å². The van der Waals surface area contributed by atoms with Gasteiger partial charge in [-0.05, 0) is 26.7 Å². The first-order valence-corrected chi connectivity index (χ1v) is 7.07. The number of nitrogens with zero attached hydrogens (tertiary/aromatic N) is 4. The lowest BCUT2D eigenvalue weighted by molar-refractivity contribution is -0.137. The molecule has 3 rings (SSSR count). The van der Waals surface area contributed by atoms with Crippen LogP contribution in [-0.4, -0.2) is 51.5 Å². The van der Waals surface area contributed by atoms with E-state index < -0.39 is 5.54 Å². The summed E-state index contributed by atoms with van der Waals surface area (Å²) in [4.78, 5) is 20.4. The summed E-state index contributed by atoms with van der Waals surface area (Å²) in [5, 5.41) is 3.89. The van der Waals surface area contributed by atoms with Crippen molar-refractivity contribution >= 4 is 5.91 Å². The predicted octanol–water partition coefficient (Wildman–Crippen LogP) is 0.0700. The van der Waals surface area contributed by atoms with E-state index >= 15 is 0 Å². The van der Waals surface area contributed by atoms with E-state index in [9.17, 15) is 4.79 Å². The summed E-state index contributed by atoms with van der Waals surface area (Å²) in [5.74, 6) is 1.22. The lowest BCUT2D eigenvalue weighted by Gasteiger charge is -2.33. The second-order valence-corrected chi connectivity index (χ2v) is 6.26. The maximum Gasteiger partial charge on any atom is 0.240 e. The van der Waals surface area contributed by atoms with Crippen LogP contribution in [0.5, 0.6) is 0 Å². The third-order valence-electron chi connectivity index (χ3n) is 3.73. The van der Waals surface area contributed by atoms with E-state index in [1.807, 2.05) is 23.6 Å². The third-order valence-corrected chi connectivity index (χ3v) is 3.73. The normalized spacial score (nSPS) is 21.6. The second kappa shape index (κ2) is 4.82. The first-order chi connectivity index (χ1) is 9.43. The minimum atomic E-state index is -0.609. The van der Waals surface area contributed by atoms with Gasteiger partial charge in [0.05, 0.1) is 18.6 Å². The molecule has 1 aromatic heterocycles. The Balaban J connectivity index is 1.58. The van der Waals surface area contributed by atoms with Crippen molar-refractivity contribution in [1.82, 2.24) is 19.9 Å². The number of aromatic nitrogens is 2. The lowest BCUT2D eigenvalue weighted by atomic mass is 10.1. The van der Waals surface area contributed by atoms with Gasteiger partial charge in [-0.1, -0.05) is 5.16 Å². The average Bonchev–Trinajstić information content (AvgIpc) is 3.07. The fourth-order valence-corrected chi connectivity index (χ4v) is 2.41. The van der Waals surface area contributed by atoms with Gasteiger partial charge in [0.25, 0.3) is 0 Å². The number of hydrogen-bond donors (Lipinski definition) is 1. The van der Waals surface area contributed by atoms with Crippen LogP contribution in [0, 0.1) is 0 Å². The molecule has 2 fully saturated rings. The van der Waals surface area contributed by atoms with E-state index in [2.05, 4.69) is 10.1 Å². The second-order valence-electron chi connectivity index (χ2n) is 6.26. The highest BCUT2D eigenvalue weighted by Gasteiger charge is 2.36. The maximum absolute atomic E-state index is 12.0. The summed E-state index contributed by atoms with van der Waals surface area (Å²) in [6.45, 7) is 6.26. The number of nitrogens with two attached hydrogens (primary N) is 1. The van der Waals surface area contributed by atoms with E-state index in [1.165, 1.54) is 0 Å². The summed E-state index contributed by atoms with van der Waals surface area (Å²) in [6, 6.07) is 0.498. The number of carbonyl (C=O) groups is 1. The zero-order valence-electron chi connectivity index (χ0n) is 12.0. The molecule has 0 spiro atoms. The summed E-state index contributed by atoms with van der Waals surface area (Å²) in [6.07, 6.45) is 2.31. The third kappa shape index (κ3) is 2.83. The van der Waals surface area contributed by atoms with Gasteiger partial charge in [0.2, 0.25) is 11.8 Å². The molecule has 2 N–H and O–H groups in total. The van der Waals surface area contributed by atoms with Crippen molar-refractivity contribution in [3.8, 4) is 0 Å². The molecule has 2 aliphatic rings. The Morgan fingerprint density at radius 3 is 2.70 bits per heavy atom. The van der Waals surface area contributed by atoms with Crippen molar-refractivity contribution in [1.29, 1.82) is 0 Å². The highest BCUT2D eigenvalue weighted by atomic mass is 16.5. The smallest absolute Gasteiger partial charge is 0.240 e. The van der Waals surface area contributed by atoms with Crippen LogP contribution in [0.3, 0.4) is 0 Å². The highest BCUT2D eigenvalue weighted by molar-refractivity contribution is 5.79. The molecular weight excluding hydrogens is 258 g/mol. The molecule has 1 aliphatic carbocycles. The topological polar surface area (TPSA) is 88.5 Å². The zero-order chi connectivity index (χ0) is 14.3. The number of amides is 1. The molecule has 110 valence electrons. The van der Waals surface area contributed by atoms with E-state index in [4.69, 9.17) is 10.3 Å². The zero-order valence-corrected chi connectivity index (χ0v) is 12.0. The Morgan fingerprint density at radius 2 is 2.15 bits per heavy atom. The average molecular weight is 279 g/mol. The van der Waals surface area contributed by atoms with Gasteiger partial charge in [-0.2, -0.15) is 4.98 Å². The summed E-state index contributed by atoms with van der Waals surface area (Å²) in [7, 11) is 0. The monoisotopic (exact) mass is 279 g/mol. The Labute approximate surface area is 118 Å². The Kier molecular flexibility index (Phi) is 3.25. The Bertz CT molecular complexity index is 503. The number of piperazine rings is 1. The van der Waals surface area contributed by atoms with Gasteiger partial charge in [0.1, 0.15) is 0 Å². The first kappa shape index (κ1) is 13.5. The van der Waals surface area contributed by atoms with Gasteiger partial charge in [-0.15, -0.1) is 0 Å². The van der Waals surface area contributed by atoms with Crippen LogP contribution in [0.25, 0.3) is 0 Å². The van der Waals surface area contributed by atoms with E-state index in [-0.39, 0.29) is 5.91 Å². The van der Waals surface area contributed by atoms with Crippen molar-refractivity contribution in [2.24, 2.45) is 5.73 Å². The van der Waals surface area contributed by atoms with Gasteiger partial charge in [0.15, 0.2) is 5.82 Å². The predicted molar refractivity (Wildman–Crippen MR) is 71.5 cm³/mol. The molecule has 7 nitrogen and oxygen atoms in total. The molecule has 1 aliphatic heterocycles. The molecule has 0 bridgehead atoms. The van der Waals surface area contributed by atoms with Crippen LogP contribution in [0.2, 0.25) is 0 Å². The molecule has 2 heterocycles. The van der Waals surface area contributed by atoms with Gasteiger partial charge in [-0.3, -0.25) is 9.69 Å². The van der Waals surface area contributed by atoms with Gasteiger partial charge < -0.3 is 15.2 Å². The van der Waals surface area contributed by atoms with Gasteiger partial charge >= 0.3 is 0 Å². The van der Waals surface area contributed by atoms with Crippen LogP contribution >= 0.6 is 0 Å². The molecule has 1 amide bonds. The fourth-order valence-electron chi connectivity index (χ4n) is 2.41. The summed E-state index contributed by atoms with van der Waals surface area (Å²) < 4.78 is 5.21. The number of carbonyl (C=O) groups excluding carboxylic acids is 1. The fraction of sp³-hybridized carbons (Fsp3) is 0.769. The Hall–Kier alpha value is -1.47. The van der Waals surface area contributed by atoms with E-state index in [1.54, 1.807) is 0 Å².